The van der Waals surface area contributed by atoms with Gasteiger partial charge in [0, 0.05) is 35.4 Å². The smallest absolute Gasteiger partial charge is 0.261 e. The highest BCUT2D eigenvalue weighted by molar-refractivity contribution is 7.92. The third kappa shape index (κ3) is 5.13. The Bertz CT molecular complexity index is 1120. The molecular weight excluding hydrogens is 415 g/mol. The van der Waals surface area contributed by atoms with Crippen molar-refractivity contribution in [2.24, 2.45) is 0 Å². The highest BCUT2D eigenvalue weighted by atomic mass is 35.5. The molecule has 0 saturated heterocycles. The standard InChI is InChI=1S/C21H18ClFN2O3S/c1-25(14-16-4-2-3-5-20(16)23)21(26)15-6-10-18(11-7-15)24-29(27,28)19-12-8-17(22)9-13-19/h2-13,24H,14H2,1H3. The van der Waals surface area contributed by atoms with Crippen molar-refractivity contribution in [2.45, 2.75) is 11.4 Å². The molecule has 0 bridgehead atoms. The van der Waals surface area contributed by atoms with Crippen molar-refractivity contribution in [3.63, 3.8) is 0 Å². The molecule has 0 aliphatic rings. The number of halogens is 2. The Morgan fingerprint density at radius 3 is 2.24 bits per heavy atom. The molecule has 3 rings (SSSR count). The fraction of sp³-hybridized carbons (Fsp3) is 0.0952. The zero-order chi connectivity index (χ0) is 21.0. The van der Waals surface area contributed by atoms with E-state index in [0.29, 0.717) is 21.8 Å². The normalized spacial score (nSPS) is 11.1. The average Bonchev–Trinajstić information content (AvgIpc) is 2.70. The maximum Gasteiger partial charge on any atom is 0.261 e. The van der Waals surface area contributed by atoms with E-state index in [1.807, 2.05) is 0 Å². The lowest BCUT2D eigenvalue weighted by atomic mass is 10.1. The van der Waals surface area contributed by atoms with Gasteiger partial charge in [-0.3, -0.25) is 9.52 Å². The summed E-state index contributed by atoms with van der Waals surface area (Å²) in [6, 6.07) is 18.1. The SMILES string of the molecule is CN(Cc1ccccc1F)C(=O)c1ccc(NS(=O)(=O)c2ccc(Cl)cc2)cc1. The molecule has 5 nitrogen and oxygen atoms in total. The summed E-state index contributed by atoms with van der Waals surface area (Å²) in [7, 11) is -2.20. The van der Waals surface area contributed by atoms with Crippen LogP contribution in [0.25, 0.3) is 0 Å². The van der Waals surface area contributed by atoms with Gasteiger partial charge in [0.25, 0.3) is 15.9 Å². The van der Waals surface area contributed by atoms with Crippen LogP contribution >= 0.6 is 11.6 Å². The van der Waals surface area contributed by atoms with Crippen molar-refractivity contribution in [3.05, 3.63) is 94.8 Å². The number of sulfonamides is 1. The highest BCUT2D eigenvalue weighted by Gasteiger charge is 2.16. The minimum atomic E-state index is -3.77. The van der Waals surface area contributed by atoms with Gasteiger partial charge in [-0.2, -0.15) is 0 Å². The van der Waals surface area contributed by atoms with E-state index in [-0.39, 0.29) is 23.2 Å². The van der Waals surface area contributed by atoms with Crippen molar-refractivity contribution >= 4 is 33.2 Å². The first-order chi connectivity index (χ1) is 13.8. The second-order valence-electron chi connectivity index (χ2n) is 6.39. The molecule has 0 unspecified atom stereocenters. The van der Waals surface area contributed by atoms with Gasteiger partial charge in [0.1, 0.15) is 5.82 Å². The lowest BCUT2D eigenvalue weighted by molar-refractivity contribution is 0.0784. The first-order valence-corrected chi connectivity index (χ1v) is 10.5. The number of nitrogens with zero attached hydrogens (tertiary/aromatic N) is 1. The second-order valence-corrected chi connectivity index (χ2v) is 8.51. The van der Waals surface area contributed by atoms with Gasteiger partial charge in [-0.15, -0.1) is 0 Å². The molecule has 0 radical (unpaired) electrons. The van der Waals surface area contributed by atoms with Gasteiger partial charge in [-0.05, 0) is 54.6 Å². The van der Waals surface area contributed by atoms with Gasteiger partial charge in [-0.25, -0.2) is 12.8 Å². The molecule has 0 atom stereocenters. The van der Waals surface area contributed by atoms with Crippen molar-refractivity contribution in [1.29, 1.82) is 0 Å². The van der Waals surface area contributed by atoms with E-state index in [9.17, 15) is 17.6 Å². The molecule has 3 aromatic carbocycles. The Labute approximate surface area is 173 Å². The first kappa shape index (κ1) is 20.8. The molecule has 3 aromatic rings. The fourth-order valence-electron chi connectivity index (χ4n) is 2.68. The molecule has 0 saturated carbocycles. The molecule has 1 amide bonds. The zero-order valence-electron chi connectivity index (χ0n) is 15.5. The number of hydrogen-bond acceptors (Lipinski definition) is 3. The molecular formula is C21H18ClFN2O3S. The molecule has 150 valence electrons. The van der Waals surface area contributed by atoms with E-state index in [0.717, 1.165) is 0 Å². The van der Waals surface area contributed by atoms with Crippen LogP contribution in [0.1, 0.15) is 15.9 Å². The van der Waals surface area contributed by atoms with Crippen LogP contribution in [0.15, 0.2) is 77.7 Å². The largest absolute Gasteiger partial charge is 0.337 e. The van der Waals surface area contributed by atoms with Crippen LogP contribution in [0.5, 0.6) is 0 Å². The topological polar surface area (TPSA) is 66.5 Å². The van der Waals surface area contributed by atoms with Crippen LogP contribution in [0.3, 0.4) is 0 Å². The Morgan fingerprint density at radius 2 is 1.62 bits per heavy atom. The van der Waals surface area contributed by atoms with E-state index >= 15 is 0 Å². The van der Waals surface area contributed by atoms with Crippen LogP contribution in [0, 0.1) is 5.82 Å². The summed E-state index contributed by atoms with van der Waals surface area (Å²) >= 11 is 5.78. The minimum absolute atomic E-state index is 0.0756. The van der Waals surface area contributed by atoms with Crippen molar-refractivity contribution in [1.82, 2.24) is 4.90 Å². The van der Waals surface area contributed by atoms with E-state index in [4.69, 9.17) is 11.6 Å². The van der Waals surface area contributed by atoms with Crippen LogP contribution in [0.4, 0.5) is 10.1 Å². The van der Waals surface area contributed by atoms with Crippen LogP contribution in [-0.2, 0) is 16.6 Å². The van der Waals surface area contributed by atoms with Crippen LogP contribution in [-0.4, -0.2) is 26.3 Å². The van der Waals surface area contributed by atoms with Crippen molar-refractivity contribution in [3.8, 4) is 0 Å². The third-order valence-corrected chi connectivity index (χ3v) is 5.87. The fourth-order valence-corrected chi connectivity index (χ4v) is 3.87. The van der Waals surface area contributed by atoms with Crippen LogP contribution < -0.4 is 4.72 Å². The summed E-state index contributed by atoms with van der Waals surface area (Å²) in [5, 5.41) is 0.436. The number of carbonyl (C=O) groups excluding carboxylic acids is 1. The lowest BCUT2D eigenvalue weighted by Crippen LogP contribution is -2.26. The summed E-state index contributed by atoms with van der Waals surface area (Å²) in [5.41, 5.74) is 1.09. The summed E-state index contributed by atoms with van der Waals surface area (Å²) in [6.45, 7) is 0.121. The number of rotatable bonds is 6. The summed E-state index contributed by atoms with van der Waals surface area (Å²) in [6.07, 6.45) is 0. The number of nitrogens with one attached hydrogen (secondary N) is 1. The molecule has 29 heavy (non-hydrogen) atoms. The lowest BCUT2D eigenvalue weighted by Gasteiger charge is -2.18. The summed E-state index contributed by atoms with van der Waals surface area (Å²) in [5.74, 6) is -0.681. The molecule has 0 fully saturated rings. The van der Waals surface area contributed by atoms with Crippen molar-refractivity contribution < 1.29 is 17.6 Å². The third-order valence-electron chi connectivity index (χ3n) is 4.22. The van der Waals surface area contributed by atoms with Gasteiger partial charge in [0.15, 0.2) is 0 Å². The maximum atomic E-state index is 13.8. The Kier molecular flexibility index (Phi) is 6.20. The number of carbonyl (C=O) groups is 1. The van der Waals surface area contributed by atoms with E-state index in [1.165, 1.54) is 59.5 Å². The molecule has 0 aliphatic carbocycles. The van der Waals surface area contributed by atoms with E-state index in [2.05, 4.69) is 4.72 Å². The van der Waals surface area contributed by atoms with Gasteiger partial charge in [-0.1, -0.05) is 29.8 Å². The average molecular weight is 433 g/mol. The zero-order valence-corrected chi connectivity index (χ0v) is 17.0. The molecule has 0 heterocycles. The Hall–Kier alpha value is -2.90. The van der Waals surface area contributed by atoms with E-state index in [1.54, 1.807) is 25.2 Å². The summed E-state index contributed by atoms with van der Waals surface area (Å²) < 4.78 is 41.0. The Balaban J connectivity index is 1.70. The first-order valence-electron chi connectivity index (χ1n) is 8.63. The monoisotopic (exact) mass is 432 g/mol. The second kappa shape index (κ2) is 8.63. The number of hydrogen-bond donors (Lipinski definition) is 1. The number of benzene rings is 3. The van der Waals surface area contributed by atoms with Gasteiger partial charge in [0.05, 0.1) is 4.90 Å². The predicted molar refractivity (Wildman–Crippen MR) is 111 cm³/mol. The molecule has 1 N–H and O–H groups in total. The maximum absolute atomic E-state index is 13.8. The van der Waals surface area contributed by atoms with E-state index < -0.39 is 10.0 Å². The predicted octanol–water partition coefficient (Wildman–Crippen LogP) is 4.55. The number of anilines is 1. The minimum Gasteiger partial charge on any atom is -0.337 e. The molecule has 0 aromatic heterocycles. The highest BCUT2D eigenvalue weighted by Crippen LogP contribution is 2.19. The van der Waals surface area contributed by atoms with Gasteiger partial charge < -0.3 is 4.90 Å². The van der Waals surface area contributed by atoms with Crippen LogP contribution in [0.2, 0.25) is 5.02 Å². The molecule has 0 aliphatic heterocycles. The summed E-state index contributed by atoms with van der Waals surface area (Å²) in [4.78, 5) is 14.0. The van der Waals surface area contributed by atoms with Gasteiger partial charge in [0.2, 0.25) is 0 Å². The quantitative estimate of drug-likeness (QED) is 0.621. The van der Waals surface area contributed by atoms with Gasteiger partial charge >= 0.3 is 0 Å². The number of amides is 1. The molecule has 0 spiro atoms. The molecule has 8 heteroatoms. The van der Waals surface area contributed by atoms with Crippen molar-refractivity contribution in [2.75, 3.05) is 11.8 Å². The Morgan fingerprint density at radius 1 is 1.00 bits per heavy atom.